The van der Waals surface area contributed by atoms with Gasteiger partial charge in [0.1, 0.15) is 0 Å². The van der Waals surface area contributed by atoms with Crippen molar-refractivity contribution in [3.63, 3.8) is 0 Å². The SMILES string of the molecule is Clc1cc(Cl)cc(NC2CCNCc3ccccc32)c1. The van der Waals surface area contributed by atoms with E-state index in [1.807, 2.05) is 12.1 Å². The minimum Gasteiger partial charge on any atom is -0.378 e. The van der Waals surface area contributed by atoms with E-state index in [1.165, 1.54) is 11.1 Å². The van der Waals surface area contributed by atoms with Gasteiger partial charge in [-0.15, -0.1) is 0 Å². The smallest absolute Gasteiger partial charge is 0.0529 e. The van der Waals surface area contributed by atoms with Gasteiger partial charge in [0.25, 0.3) is 0 Å². The molecule has 20 heavy (non-hydrogen) atoms. The number of hydrogen-bond acceptors (Lipinski definition) is 2. The average molecular weight is 307 g/mol. The summed E-state index contributed by atoms with van der Waals surface area (Å²) in [4.78, 5) is 0. The van der Waals surface area contributed by atoms with Crippen LogP contribution in [0.5, 0.6) is 0 Å². The van der Waals surface area contributed by atoms with Crippen molar-refractivity contribution in [1.29, 1.82) is 0 Å². The van der Waals surface area contributed by atoms with Crippen LogP contribution in [0.25, 0.3) is 0 Å². The second kappa shape index (κ2) is 6.04. The number of anilines is 1. The Labute approximate surface area is 129 Å². The molecule has 0 aliphatic carbocycles. The Kier molecular flexibility index (Phi) is 4.16. The largest absolute Gasteiger partial charge is 0.378 e. The van der Waals surface area contributed by atoms with Gasteiger partial charge in [-0.1, -0.05) is 47.5 Å². The molecule has 0 spiro atoms. The lowest BCUT2D eigenvalue weighted by Gasteiger charge is -2.20. The molecule has 1 aliphatic heterocycles. The zero-order chi connectivity index (χ0) is 13.9. The summed E-state index contributed by atoms with van der Waals surface area (Å²) in [6.07, 6.45) is 1.03. The first-order chi connectivity index (χ1) is 9.72. The zero-order valence-corrected chi connectivity index (χ0v) is 12.5. The Bertz CT molecular complexity index is 593. The van der Waals surface area contributed by atoms with Crippen LogP contribution in [0.2, 0.25) is 10.0 Å². The molecule has 2 aromatic carbocycles. The third kappa shape index (κ3) is 3.09. The van der Waals surface area contributed by atoms with E-state index >= 15 is 0 Å². The Morgan fingerprint density at radius 3 is 2.60 bits per heavy atom. The number of hydrogen-bond donors (Lipinski definition) is 2. The fraction of sp³-hybridized carbons (Fsp3) is 0.250. The van der Waals surface area contributed by atoms with Crippen molar-refractivity contribution < 1.29 is 0 Å². The highest BCUT2D eigenvalue weighted by atomic mass is 35.5. The Morgan fingerprint density at radius 1 is 1.05 bits per heavy atom. The summed E-state index contributed by atoms with van der Waals surface area (Å²) in [5.74, 6) is 0. The van der Waals surface area contributed by atoms with Crippen LogP contribution < -0.4 is 10.6 Å². The monoisotopic (exact) mass is 306 g/mol. The molecule has 0 amide bonds. The van der Waals surface area contributed by atoms with Gasteiger partial charge in [-0.05, 0) is 42.3 Å². The molecule has 1 unspecified atom stereocenters. The van der Waals surface area contributed by atoms with Gasteiger partial charge in [-0.2, -0.15) is 0 Å². The molecule has 0 aromatic heterocycles. The molecule has 4 heteroatoms. The van der Waals surface area contributed by atoms with E-state index in [2.05, 4.69) is 34.9 Å². The molecule has 104 valence electrons. The topological polar surface area (TPSA) is 24.1 Å². The van der Waals surface area contributed by atoms with Crippen LogP contribution in [0, 0.1) is 0 Å². The van der Waals surface area contributed by atoms with Crippen molar-refractivity contribution in [3.05, 3.63) is 63.6 Å². The molecule has 0 bridgehead atoms. The van der Waals surface area contributed by atoms with Crippen molar-refractivity contribution in [2.24, 2.45) is 0 Å². The number of rotatable bonds is 2. The third-order valence-electron chi connectivity index (χ3n) is 3.56. The van der Waals surface area contributed by atoms with E-state index in [1.54, 1.807) is 6.07 Å². The third-order valence-corrected chi connectivity index (χ3v) is 4.00. The van der Waals surface area contributed by atoms with E-state index in [4.69, 9.17) is 23.2 Å². The lowest BCUT2D eigenvalue weighted by molar-refractivity contribution is 0.637. The summed E-state index contributed by atoms with van der Waals surface area (Å²) in [6.45, 7) is 1.91. The number of halogens is 2. The van der Waals surface area contributed by atoms with Gasteiger partial charge < -0.3 is 10.6 Å². The molecular weight excluding hydrogens is 291 g/mol. The Morgan fingerprint density at radius 2 is 1.80 bits per heavy atom. The number of nitrogens with one attached hydrogen (secondary N) is 2. The summed E-state index contributed by atoms with van der Waals surface area (Å²) < 4.78 is 0. The first-order valence-electron chi connectivity index (χ1n) is 6.73. The van der Waals surface area contributed by atoms with Gasteiger partial charge >= 0.3 is 0 Å². The predicted molar refractivity (Wildman–Crippen MR) is 85.6 cm³/mol. The predicted octanol–water partition coefficient (Wildman–Crippen LogP) is 4.64. The van der Waals surface area contributed by atoms with Gasteiger partial charge in [-0.25, -0.2) is 0 Å². The average Bonchev–Trinajstić information content (AvgIpc) is 2.61. The molecule has 1 heterocycles. The van der Waals surface area contributed by atoms with E-state index in [9.17, 15) is 0 Å². The fourth-order valence-electron chi connectivity index (χ4n) is 2.65. The highest BCUT2D eigenvalue weighted by molar-refractivity contribution is 6.35. The molecule has 2 aromatic rings. The zero-order valence-electron chi connectivity index (χ0n) is 11.0. The summed E-state index contributed by atoms with van der Waals surface area (Å²) in [7, 11) is 0. The van der Waals surface area contributed by atoms with Crippen LogP contribution in [-0.4, -0.2) is 6.54 Å². The molecule has 0 saturated carbocycles. The van der Waals surface area contributed by atoms with Crippen molar-refractivity contribution in [1.82, 2.24) is 5.32 Å². The second-order valence-electron chi connectivity index (χ2n) is 5.02. The van der Waals surface area contributed by atoms with Gasteiger partial charge in [0.05, 0.1) is 6.04 Å². The fourth-order valence-corrected chi connectivity index (χ4v) is 3.17. The van der Waals surface area contributed by atoms with E-state index in [0.717, 1.165) is 25.2 Å². The van der Waals surface area contributed by atoms with Gasteiger partial charge in [0.15, 0.2) is 0 Å². The van der Waals surface area contributed by atoms with Gasteiger partial charge in [0, 0.05) is 22.3 Å². The van der Waals surface area contributed by atoms with Crippen LogP contribution in [-0.2, 0) is 6.54 Å². The van der Waals surface area contributed by atoms with Crippen molar-refractivity contribution >= 4 is 28.9 Å². The first-order valence-corrected chi connectivity index (χ1v) is 7.49. The molecule has 3 rings (SSSR count). The standard InChI is InChI=1S/C16H16Cl2N2/c17-12-7-13(18)9-14(8-12)20-16-5-6-19-10-11-3-1-2-4-15(11)16/h1-4,7-9,16,19-20H,5-6,10H2. The normalized spacial score (nSPS) is 18.2. The van der Waals surface area contributed by atoms with Crippen LogP contribution in [0.3, 0.4) is 0 Å². The minimum atomic E-state index is 0.274. The minimum absolute atomic E-state index is 0.274. The Balaban J connectivity index is 1.90. The quantitative estimate of drug-likeness (QED) is 0.844. The maximum Gasteiger partial charge on any atom is 0.0529 e. The maximum atomic E-state index is 6.06. The van der Waals surface area contributed by atoms with E-state index in [-0.39, 0.29) is 6.04 Å². The van der Waals surface area contributed by atoms with Crippen molar-refractivity contribution in [2.45, 2.75) is 19.0 Å². The summed E-state index contributed by atoms with van der Waals surface area (Å²) in [6, 6.07) is 14.4. The van der Waals surface area contributed by atoms with Crippen LogP contribution >= 0.6 is 23.2 Å². The van der Waals surface area contributed by atoms with Gasteiger partial charge in [0.2, 0.25) is 0 Å². The highest BCUT2D eigenvalue weighted by Gasteiger charge is 2.17. The Hall–Kier alpha value is -1.22. The van der Waals surface area contributed by atoms with Crippen LogP contribution in [0.4, 0.5) is 5.69 Å². The molecule has 1 atom stereocenters. The van der Waals surface area contributed by atoms with Crippen LogP contribution in [0.15, 0.2) is 42.5 Å². The summed E-state index contributed by atoms with van der Waals surface area (Å²) in [5, 5.41) is 8.31. The maximum absolute atomic E-state index is 6.06. The van der Waals surface area contributed by atoms with E-state index in [0.29, 0.717) is 10.0 Å². The van der Waals surface area contributed by atoms with E-state index < -0.39 is 0 Å². The second-order valence-corrected chi connectivity index (χ2v) is 5.89. The summed E-state index contributed by atoms with van der Waals surface area (Å²) >= 11 is 12.1. The molecule has 2 N–H and O–H groups in total. The molecule has 0 saturated heterocycles. The molecular formula is C16H16Cl2N2. The highest BCUT2D eigenvalue weighted by Crippen LogP contribution is 2.30. The molecule has 1 aliphatic rings. The van der Waals surface area contributed by atoms with Crippen molar-refractivity contribution in [3.8, 4) is 0 Å². The molecule has 2 nitrogen and oxygen atoms in total. The molecule has 0 radical (unpaired) electrons. The van der Waals surface area contributed by atoms with Crippen molar-refractivity contribution in [2.75, 3.05) is 11.9 Å². The lowest BCUT2D eigenvalue weighted by atomic mass is 9.99. The number of benzene rings is 2. The molecule has 0 fully saturated rings. The van der Waals surface area contributed by atoms with Crippen LogP contribution in [0.1, 0.15) is 23.6 Å². The summed E-state index contributed by atoms with van der Waals surface area (Å²) in [5.41, 5.74) is 3.65. The lowest BCUT2D eigenvalue weighted by Crippen LogP contribution is -2.15. The first kappa shape index (κ1) is 13.7. The van der Waals surface area contributed by atoms with Gasteiger partial charge in [-0.3, -0.25) is 0 Å². The number of fused-ring (bicyclic) bond motifs is 1.